The summed E-state index contributed by atoms with van der Waals surface area (Å²) in [6.45, 7) is 0.473. The Morgan fingerprint density at radius 2 is 1.84 bits per heavy atom. The van der Waals surface area contributed by atoms with Crippen LogP contribution in [-0.2, 0) is 16.3 Å². The van der Waals surface area contributed by atoms with Crippen molar-refractivity contribution in [2.75, 3.05) is 5.06 Å². The Balaban J connectivity index is 0.000000263. The van der Waals surface area contributed by atoms with Crippen LogP contribution in [0.2, 0.25) is 0 Å². The number of anilines is 1. The van der Waals surface area contributed by atoms with Crippen molar-refractivity contribution in [3.05, 3.63) is 89.3 Å². The lowest BCUT2D eigenvalue weighted by atomic mass is 10.3. The molecular weight excluding hydrogens is 576 g/mol. The van der Waals surface area contributed by atoms with Crippen LogP contribution in [0.1, 0.15) is 5.56 Å². The van der Waals surface area contributed by atoms with E-state index in [4.69, 9.17) is 19.9 Å². The van der Waals surface area contributed by atoms with Crippen LogP contribution in [0.4, 0.5) is 28.0 Å². The van der Waals surface area contributed by atoms with E-state index in [2.05, 4.69) is 31.2 Å². The third kappa shape index (κ3) is 9.39. The summed E-state index contributed by atoms with van der Waals surface area (Å²) in [6.07, 6.45) is 2.87. The fourth-order valence-electron chi connectivity index (χ4n) is 2.24. The maximum Gasteiger partial charge on any atom is 0.490 e. The van der Waals surface area contributed by atoms with E-state index in [0.717, 1.165) is 10.1 Å². The topological polar surface area (TPSA) is 153 Å². The number of carboxylic acids is 1. The Kier molecular flexibility index (Phi) is 10.3. The molecule has 3 aromatic rings. The summed E-state index contributed by atoms with van der Waals surface area (Å²) in [5.74, 6) is -2.78. The fraction of sp³-hybridized carbons (Fsp3) is 0.100. The van der Waals surface area contributed by atoms with Gasteiger partial charge in [-0.15, -0.1) is 4.94 Å². The molecule has 1 aliphatic rings. The van der Waals surface area contributed by atoms with Gasteiger partial charge in [-0.05, 0) is 45.8 Å². The van der Waals surface area contributed by atoms with Crippen LogP contribution in [0.3, 0.4) is 0 Å². The number of carbonyl (C=O) groups is 2. The molecule has 0 amide bonds. The van der Waals surface area contributed by atoms with Crippen LogP contribution in [0.25, 0.3) is 0 Å². The molecule has 0 fully saturated rings. The van der Waals surface area contributed by atoms with Crippen LogP contribution in [-0.4, -0.2) is 53.4 Å². The van der Waals surface area contributed by atoms with E-state index in [-0.39, 0.29) is 5.82 Å². The summed E-state index contributed by atoms with van der Waals surface area (Å²) in [7, 11) is 0. The molecule has 4 rings (SSSR count). The zero-order valence-corrected chi connectivity index (χ0v) is 19.8. The molecule has 0 unspecified atom stereocenters. The second kappa shape index (κ2) is 13.2. The summed E-state index contributed by atoms with van der Waals surface area (Å²) >= 11 is 3.11. The molecule has 37 heavy (non-hydrogen) atoms. The SMILES string of the molecule is O=C(O)C(F)(F)F.O=C(O)n1ccnc1.ON1ON(c2ccc(F)c(Br)c2)C=C1NCc1cccnc1. The minimum atomic E-state index is -5.08. The van der Waals surface area contributed by atoms with Crippen molar-refractivity contribution in [3.63, 3.8) is 0 Å². The van der Waals surface area contributed by atoms with Crippen LogP contribution in [0, 0.1) is 5.82 Å². The Labute approximate surface area is 213 Å². The van der Waals surface area contributed by atoms with E-state index in [1.165, 1.54) is 35.9 Å². The van der Waals surface area contributed by atoms with Gasteiger partial charge in [-0.1, -0.05) is 11.3 Å². The second-order valence-corrected chi connectivity index (χ2v) is 7.42. The molecule has 3 heterocycles. The average Bonchev–Trinajstić information content (AvgIpc) is 3.51. The molecule has 0 radical (unpaired) electrons. The number of hydrogen-bond acceptors (Lipinski definition) is 9. The van der Waals surface area contributed by atoms with Crippen LogP contribution >= 0.6 is 15.9 Å². The second-order valence-electron chi connectivity index (χ2n) is 6.56. The van der Waals surface area contributed by atoms with Gasteiger partial charge in [0.25, 0.3) is 0 Å². The predicted molar refractivity (Wildman–Crippen MR) is 120 cm³/mol. The smallest absolute Gasteiger partial charge is 0.475 e. The lowest BCUT2D eigenvalue weighted by Crippen LogP contribution is -2.26. The highest BCUT2D eigenvalue weighted by Gasteiger charge is 2.38. The fourth-order valence-corrected chi connectivity index (χ4v) is 2.60. The number of alkyl halides is 3. The summed E-state index contributed by atoms with van der Waals surface area (Å²) in [5, 5.41) is 30.0. The molecule has 1 aromatic carbocycles. The van der Waals surface area contributed by atoms with Crippen molar-refractivity contribution >= 4 is 33.7 Å². The van der Waals surface area contributed by atoms with Crippen molar-refractivity contribution in [2.45, 2.75) is 12.7 Å². The van der Waals surface area contributed by atoms with Crippen LogP contribution in [0.5, 0.6) is 0 Å². The summed E-state index contributed by atoms with van der Waals surface area (Å²) < 4.78 is 46.3. The minimum absolute atomic E-state index is 0.309. The summed E-state index contributed by atoms with van der Waals surface area (Å²) in [4.78, 5) is 31.6. The maximum atomic E-state index is 13.2. The Morgan fingerprint density at radius 3 is 2.32 bits per heavy atom. The number of nitrogens with zero attached hydrogens (tertiary/aromatic N) is 5. The quantitative estimate of drug-likeness (QED) is 0.325. The third-order valence-electron chi connectivity index (χ3n) is 3.93. The number of imidazole rings is 1. The zero-order chi connectivity index (χ0) is 27.6. The van der Waals surface area contributed by atoms with Crippen molar-refractivity contribution in [1.82, 2.24) is 25.1 Å². The highest BCUT2D eigenvalue weighted by Crippen LogP contribution is 2.27. The number of rotatable bonds is 4. The predicted octanol–water partition coefficient (Wildman–Crippen LogP) is 3.97. The zero-order valence-electron chi connectivity index (χ0n) is 18.3. The highest BCUT2D eigenvalue weighted by molar-refractivity contribution is 9.10. The molecule has 2 aromatic heterocycles. The van der Waals surface area contributed by atoms with Crippen LogP contribution < -0.4 is 10.4 Å². The molecule has 0 saturated heterocycles. The van der Waals surface area contributed by atoms with Gasteiger partial charge in [-0.25, -0.2) is 23.5 Å². The summed E-state index contributed by atoms with van der Waals surface area (Å²) in [5.41, 5.74) is 1.52. The lowest BCUT2D eigenvalue weighted by molar-refractivity contribution is -0.306. The maximum absolute atomic E-state index is 13.2. The molecule has 198 valence electrons. The standard InChI is InChI=1S/C14H12BrFN4O2.C4H4N2O2.C2HF3O2/c15-12-6-11(3-4-13(12)16)19-9-14(20(21)22-19)18-8-10-2-1-5-17-7-10;7-4(8)6-2-1-5-3-6;3-2(4,5)1(6)7/h1-7,9,18,21H,8H2;1-3H,(H,7,8);(H,6,7). The number of hydroxylamine groups is 3. The van der Waals surface area contributed by atoms with E-state index in [9.17, 15) is 27.6 Å². The number of hydrogen-bond donors (Lipinski definition) is 4. The van der Waals surface area contributed by atoms with E-state index in [1.54, 1.807) is 24.7 Å². The van der Waals surface area contributed by atoms with Crippen molar-refractivity contribution < 1.29 is 47.5 Å². The van der Waals surface area contributed by atoms with Gasteiger partial charge in [0.1, 0.15) is 12.1 Å². The number of benzene rings is 1. The van der Waals surface area contributed by atoms with Crippen molar-refractivity contribution in [2.24, 2.45) is 0 Å². The number of halogens is 5. The number of aromatic nitrogens is 3. The normalized spacial score (nSPS) is 12.5. The number of pyridine rings is 1. The molecule has 0 spiro atoms. The minimum Gasteiger partial charge on any atom is -0.475 e. The molecule has 0 aliphatic carbocycles. The molecule has 0 bridgehead atoms. The largest absolute Gasteiger partial charge is 0.490 e. The lowest BCUT2D eigenvalue weighted by Gasteiger charge is -2.16. The van der Waals surface area contributed by atoms with Gasteiger partial charge >= 0.3 is 18.2 Å². The van der Waals surface area contributed by atoms with Crippen molar-refractivity contribution in [3.8, 4) is 0 Å². The number of carboxylic acid groups (broad SMARTS) is 2. The van der Waals surface area contributed by atoms with Gasteiger partial charge in [0.15, 0.2) is 5.82 Å². The van der Waals surface area contributed by atoms with Gasteiger partial charge < -0.3 is 15.5 Å². The van der Waals surface area contributed by atoms with Gasteiger partial charge in [0.05, 0.1) is 16.4 Å². The third-order valence-corrected chi connectivity index (χ3v) is 4.54. The summed E-state index contributed by atoms with van der Waals surface area (Å²) in [6, 6.07) is 8.13. The first-order chi connectivity index (χ1) is 17.4. The van der Waals surface area contributed by atoms with E-state index < -0.39 is 18.2 Å². The first kappa shape index (κ1) is 29.0. The molecular formula is C20H17BrF4N6O6. The Hall–Kier alpha value is -4.22. The molecule has 0 atom stereocenters. The van der Waals surface area contributed by atoms with Gasteiger partial charge in [-0.3, -0.25) is 10.2 Å². The molecule has 12 nitrogen and oxygen atoms in total. The van der Waals surface area contributed by atoms with Gasteiger partial charge in [0, 0.05) is 31.3 Å². The molecule has 17 heteroatoms. The molecule has 1 aliphatic heterocycles. The van der Waals surface area contributed by atoms with E-state index >= 15 is 0 Å². The number of nitrogens with one attached hydrogen (secondary N) is 1. The Morgan fingerprint density at radius 1 is 1.14 bits per heavy atom. The van der Waals surface area contributed by atoms with Crippen LogP contribution in [0.15, 0.2) is 77.9 Å². The van der Waals surface area contributed by atoms with E-state index in [0.29, 0.717) is 27.8 Å². The first-order valence-corrected chi connectivity index (χ1v) is 10.4. The first-order valence-electron chi connectivity index (χ1n) is 9.65. The highest BCUT2D eigenvalue weighted by atomic mass is 79.9. The van der Waals surface area contributed by atoms with Gasteiger partial charge in [0.2, 0.25) is 0 Å². The number of aliphatic carboxylic acids is 1. The van der Waals surface area contributed by atoms with E-state index in [1.807, 2.05) is 12.1 Å². The van der Waals surface area contributed by atoms with Gasteiger partial charge in [-0.2, -0.15) is 18.2 Å². The molecule has 4 N–H and O–H groups in total. The average molecular weight is 593 g/mol. The van der Waals surface area contributed by atoms with Crippen molar-refractivity contribution in [1.29, 1.82) is 0 Å². The monoisotopic (exact) mass is 592 g/mol. The Bertz CT molecular complexity index is 1210. The molecule has 0 saturated carbocycles.